The molecule has 1 aromatic rings. The number of phenols is 2. The summed E-state index contributed by atoms with van der Waals surface area (Å²) < 4.78 is 5.28. The quantitative estimate of drug-likeness (QED) is 0.805. The first-order valence-electron chi connectivity index (χ1n) is 6.40. The smallest absolute Gasteiger partial charge is 0.180 e. The Morgan fingerprint density at radius 1 is 1.37 bits per heavy atom. The van der Waals surface area contributed by atoms with E-state index >= 15 is 0 Å². The molecule has 1 heterocycles. The molecule has 0 bridgehead atoms. The summed E-state index contributed by atoms with van der Waals surface area (Å²) in [5.74, 6) is -0.347. The summed E-state index contributed by atoms with van der Waals surface area (Å²) in [6.45, 7) is 1.93. The second-order valence-electron chi connectivity index (χ2n) is 4.84. The molecule has 0 unspecified atom stereocenters. The first kappa shape index (κ1) is 13.8. The molecule has 2 rings (SSSR count). The van der Waals surface area contributed by atoms with E-state index in [1.165, 1.54) is 18.2 Å². The third-order valence-corrected chi connectivity index (χ3v) is 3.52. The summed E-state index contributed by atoms with van der Waals surface area (Å²) in [6.07, 6.45) is 2.13. The van der Waals surface area contributed by atoms with Crippen LogP contribution < -0.4 is 0 Å². The van der Waals surface area contributed by atoms with E-state index in [2.05, 4.69) is 4.90 Å². The third kappa shape index (κ3) is 3.45. The summed E-state index contributed by atoms with van der Waals surface area (Å²) in [7, 11) is 1.71. The zero-order valence-corrected chi connectivity index (χ0v) is 11.0. The minimum atomic E-state index is -0.170. The molecule has 0 spiro atoms. The number of likely N-dealkylation sites (tertiary alicyclic amines) is 1. The Balaban J connectivity index is 1.94. The van der Waals surface area contributed by atoms with Crippen LogP contribution in [-0.2, 0) is 4.74 Å². The molecule has 0 amide bonds. The number of carbonyl (C=O) groups is 1. The molecule has 1 aromatic carbocycles. The fourth-order valence-electron chi connectivity index (χ4n) is 2.35. The fourth-order valence-corrected chi connectivity index (χ4v) is 2.35. The van der Waals surface area contributed by atoms with Crippen LogP contribution in [0.5, 0.6) is 11.5 Å². The van der Waals surface area contributed by atoms with Crippen LogP contribution in [0.15, 0.2) is 18.2 Å². The Labute approximate surface area is 112 Å². The van der Waals surface area contributed by atoms with E-state index in [0.717, 1.165) is 25.9 Å². The first-order chi connectivity index (χ1) is 9.10. The highest BCUT2D eigenvalue weighted by Crippen LogP contribution is 2.23. The zero-order chi connectivity index (χ0) is 13.8. The van der Waals surface area contributed by atoms with Gasteiger partial charge in [0.2, 0.25) is 0 Å². The van der Waals surface area contributed by atoms with Crippen LogP contribution in [0.3, 0.4) is 0 Å². The molecule has 104 valence electrons. The number of benzene rings is 1. The number of nitrogens with zero attached hydrogens (tertiary/aromatic N) is 1. The van der Waals surface area contributed by atoms with Crippen molar-refractivity contribution in [3.8, 4) is 11.5 Å². The first-order valence-corrected chi connectivity index (χ1v) is 6.40. The van der Waals surface area contributed by atoms with Gasteiger partial charge in [-0.25, -0.2) is 0 Å². The van der Waals surface area contributed by atoms with Crippen molar-refractivity contribution >= 4 is 5.78 Å². The maximum absolute atomic E-state index is 12.1. The highest BCUT2D eigenvalue weighted by molar-refractivity contribution is 6.00. The maximum atomic E-state index is 12.1. The molecule has 0 atom stereocenters. The molecule has 1 fully saturated rings. The van der Waals surface area contributed by atoms with Gasteiger partial charge in [0.05, 0.1) is 18.2 Å². The topological polar surface area (TPSA) is 70.0 Å². The summed E-state index contributed by atoms with van der Waals surface area (Å²) in [5, 5.41) is 18.9. The number of methoxy groups -OCH3 is 1. The Kier molecular flexibility index (Phi) is 4.39. The van der Waals surface area contributed by atoms with Gasteiger partial charge in [0.25, 0.3) is 0 Å². The third-order valence-electron chi connectivity index (χ3n) is 3.52. The number of ketones is 1. The summed E-state index contributed by atoms with van der Waals surface area (Å²) in [4.78, 5) is 14.1. The second-order valence-corrected chi connectivity index (χ2v) is 4.84. The van der Waals surface area contributed by atoms with Crippen molar-refractivity contribution in [2.24, 2.45) is 0 Å². The molecule has 2 N–H and O–H groups in total. The van der Waals surface area contributed by atoms with E-state index in [9.17, 15) is 15.0 Å². The molecule has 5 heteroatoms. The van der Waals surface area contributed by atoms with Crippen molar-refractivity contribution in [3.63, 3.8) is 0 Å². The number of hydrogen-bond acceptors (Lipinski definition) is 5. The summed E-state index contributed by atoms with van der Waals surface area (Å²) in [5.41, 5.74) is 0.256. The van der Waals surface area contributed by atoms with Crippen LogP contribution in [0.4, 0.5) is 0 Å². The Hall–Kier alpha value is -1.59. The maximum Gasteiger partial charge on any atom is 0.180 e. The van der Waals surface area contributed by atoms with Crippen molar-refractivity contribution in [2.75, 3.05) is 26.7 Å². The van der Waals surface area contributed by atoms with Crippen molar-refractivity contribution in [3.05, 3.63) is 23.8 Å². The average Bonchev–Trinajstić information content (AvgIpc) is 2.39. The average molecular weight is 265 g/mol. The summed E-state index contributed by atoms with van der Waals surface area (Å²) in [6, 6.07) is 4.05. The Bertz CT molecular complexity index is 453. The van der Waals surface area contributed by atoms with Crippen LogP contribution in [0.25, 0.3) is 0 Å². The largest absolute Gasteiger partial charge is 0.508 e. The number of aromatic hydroxyl groups is 2. The highest BCUT2D eigenvalue weighted by Gasteiger charge is 2.21. The van der Waals surface area contributed by atoms with Gasteiger partial charge in [0.15, 0.2) is 5.78 Å². The molecule has 1 aliphatic heterocycles. The molecular weight excluding hydrogens is 246 g/mol. The monoisotopic (exact) mass is 265 g/mol. The number of ether oxygens (including phenoxy) is 1. The molecule has 1 saturated heterocycles. The molecule has 5 nitrogen and oxygen atoms in total. The Morgan fingerprint density at radius 2 is 2.05 bits per heavy atom. The highest BCUT2D eigenvalue weighted by atomic mass is 16.5. The number of piperidine rings is 1. The van der Waals surface area contributed by atoms with Gasteiger partial charge in [0, 0.05) is 26.3 Å². The fraction of sp³-hybridized carbons (Fsp3) is 0.500. The van der Waals surface area contributed by atoms with Crippen molar-refractivity contribution < 1.29 is 19.7 Å². The number of hydrogen-bond donors (Lipinski definition) is 2. The number of rotatable bonds is 4. The zero-order valence-electron chi connectivity index (χ0n) is 11.0. The molecule has 0 saturated carbocycles. The lowest BCUT2D eigenvalue weighted by Crippen LogP contribution is -2.39. The van der Waals surface area contributed by atoms with Gasteiger partial charge in [-0.1, -0.05) is 0 Å². The van der Waals surface area contributed by atoms with Gasteiger partial charge < -0.3 is 14.9 Å². The van der Waals surface area contributed by atoms with Crippen molar-refractivity contribution in [1.29, 1.82) is 0 Å². The standard InChI is InChI=1S/C14H19NO4/c1-19-11-4-6-15(7-5-11)9-14(18)12-3-2-10(16)8-13(12)17/h2-3,8,11,16-17H,4-7,9H2,1H3. The molecule has 1 aliphatic rings. The molecule has 19 heavy (non-hydrogen) atoms. The normalized spacial score (nSPS) is 17.5. The summed E-state index contributed by atoms with van der Waals surface area (Å²) >= 11 is 0. The van der Waals surface area contributed by atoms with Crippen LogP contribution >= 0.6 is 0 Å². The van der Waals surface area contributed by atoms with E-state index in [-0.39, 0.29) is 35.5 Å². The lowest BCUT2D eigenvalue weighted by molar-refractivity contribution is 0.0401. The van der Waals surface area contributed by atoms with Gasteiger partial charge in [-0.2, -0.15) is 0 Å². The lowest BCUT2D eigenvalue weighted by Gasteiger charge is -2.30. The van der Waals surface area contributed by atoms with Crippen LogP contribution in [0, 0.1) is 0 Å². The van der Waals surface area contributed by atoms with Gasteiger partial charge >= 0.3 is 0 Å². The van der Waals surface area contributed by atoms with E-state index in [1.807, 2.05) is 0 Å². The predicted octanol–water partition coefficient (Wildman–Crippen LogP) is 1.39. The van der Waals surface area contributed by atoms with E-state index in [4.69, 9.17) is 4.74 Å². The number of Topliss-reactive ketones (excluding diaryl/α,β-unsaturated/α-hetero) is 1. The van der Waals surface area contributed by atoms with E-state index < -0.39 is 0 Å². The predicted molar refractivity (Wildman–Crippen MR) is 70.6 cm³/mol. The van der Waals surface area contributed by atoms with Gasteiger partial charge in [0.1, 0.15) is 11.5 Å². The molecule has 0 aromatic heterocycles. The van der Waals surface area contributed by atoms with Gasteiger partial charge in [-0.15, -0.1) is 0 Å². The van der Waals surface area contributed by atoms with E-state index in [1.54, 1.807) is 7.11 Å². The number of phenolic OH excluding ortho intramolecular Hbond substituents is 2. The van der Waals surface area contributed by atoms with Crippen molar-refractivity contribution in [1.82, 2.24) is 4.90 Å². The van der Waals surface area contributed by atoms with Crippen LogP contribution in [0.1, 0.15) is 23.2 Å². The SMILES string of the molecule is COC1CCN(CC(=O)c2ccc(O)cc2O)CC1. The number of carbonyl (C=O) groups excluding carboxylic acids is 1. The molecule has 0 aliphatic carbocycles. The van der Waals surface area contributed by atoms with E-state index in [0.29, 0.717) is 0 Å². The minimum Gasteiger partial charge on any atom is -0.508 e. The van der Waals surface area contributed by atoms with Crippen LogP contribution in [0.2, 0.25) is 0 Å². The molecule has 0 radical (unpaired) electrons. The minimum absolute atomic E-state index is 0.0463. The Morgan fingerprint density at radius 3 is 2.63 bits per heavy atom. The van der Waals surface area contributed by atoms with Gasteiger partial charge in [-0.3, -0.25) is 9.69 Å². The van der Waals surface area contributed by atoms with Crippen molar-refractivity contribution in [2.45, 2.75) is 18.9 Å². The van der Waals surface area contributed by atoms with Crippen LogP contribution in [-0.4, -0.2) is 53.7 Å². The lowest BCUT2D eigenvalue weighted by atomic mass is 10.1. The van der Waals surface area contributed by atoms with Gasteiger partial charge in [-0.05, 0) is 25.0 Å². The second kappa shape index (κ2) is 6.04. The molecular formula is C14H19NO4.